The number of anilines is 5. The summed E-state index contributed by atoms with van der Waals surface area (Å²) < 4.78 is 4.88. The van der Waals surface area contributed by atoms with Gasteiger partial charge in [-0.3, -0.25) is 0 Å². The van der Waals surface area contributed by atoms with Crippen molar-refractivity contribution in [3.05, 3.63) is 82.8 Å². The summed E-state index contributed by atoms with van der Waals surface area (Å²) in [4.78, 5) is 48.0. The Bertz CT molecular complexity index is 1950. The average molecular weight is 702 g/mol. The molecular formula is C31H28ClN11O3S2. The van der Waals surface area contributed by atoms with Gasteiger partial charge >= 0.3 is 5.97 Å². The first-order valence-corrected chi connectivity index (χ1v) is 16.8. The zero-order chi connectivity index (χ0) is 33.3. The second kappa shape index (κ2) is 15.5. The van der Waals surface area contributed by atoms with E-state index in [1.807, 2.05) is 29.8 Å². The summed E-state index contributed by atoms with van der Waals surface area (Å²) in [5.74, 6) is 0.893. The predicted octanol–water partition coefficient (Wildman–Crippen LogP) is 6.61. The van der Waals surface area contributed by atoms with Crippen molar-refractivity contribution in [1.29, 1.82) is 0 Å². The minimum Gasteiger partial charge on any atom is -0.492 e. The molecule has 0 aliphatic carbocycles. The van der Waals surface area contributed by atoms with E-state index in [1.54, 1.807) is 55.1 Å². The van der Waals surface area contributed by atoms with Gasteiger partial charge in [-0.15, -0.1) is 22.7 Å². The number of nitrogens with one attached hydrogen (secondary N) is 2. The van der Waals surface area contributed by atoms with E-state index >= 15 is 0 Å². The second-order valence-corrected chi connectivity index (χ2v) is 12.3. The molecule has 6 aromatic heterocycles. The van der Waals surface area contributed by atoms with Crippen LogP contribution in [-0.4, -0.2) is 70.6 Å². The molecule has 0 aromatic carbocycles. The highest BCUT2D eigenvalue weighted by atomic mass is 35.5. The summed E-state index contributed by atoms with van der Waals surface area (Å²) in [6.45, 7) is 4.09. The van der Waals surface area contributed by atoms with Crippen LogP contribution in [0.2, 0.25) is 5.15 Å². The number of hydrogen-bond donors (Lipinski definition) is 3. The molecule has 7 heterocycles. The minimum atomic E-state index is -0.622. The van der Waals surface area contributed by atoms with E-state index in [0.29, 0.717) is 33.4 Å². The molecule has 6 aromatic rings. The van der Waals surface area contributed by atoms with Gasteiger partial charge in [0, 0.05) is 37.1 Å². The number of halogens is 1. The monoisotopic (exact) mass is 701 g/mol. The molecule has 1 aliphatic rings. The quantitative estimate of drug-likeness (QED) is 0.108. The Balaban J connectivity index is 0.000000168. The Morgan fingerprint density at radius 2 is 1.52 bits per heavy atom. The number of ether oxygens (including phenoxy) is 1. The minimum absolute atomic E-state index is 0.0341. The number of thiazole rings is 2. The lowest BCUT2D eigenvalue weighted by atomic mass is 10.4. The molecule has 0 amide bonds. The predicted molar refractivity (Wildman–Crippen MR) is 185 cm³/mol. The lowest BCUT2D eigenvalue weighted by Crippen LogP contribution is -2.18. The van der Waals surface area contributed by atoms with Gasteiger partial charge in [-0.1, -0.05) is 11.6 Å². The molecule has 1 fully saturated rings. The number of esters is 1. The molecular weight excluding hydrogens is 674 g/mol. The molecule has 3 N–H and O–H groups in total. The Labute approximate surface area is 288 Å². The van der Waals surface area contributed by atoms with E-state index in [4.69, 9.17) is 16.3 Å². The van der Waals surface area contributed by atoms with Crippen molar-refractivity contribution in [2.75, 3.05) is 35.2 Å². The highest BCUT2D eigenvalue weighted by Crippen LogP contribution is 2.32. The Morgan fingerprint density at radius 1 is 0.854 bits per heavy atom. The van der Waals surface area contributed by atoms with Crippen LogP contribution in [0.1, 0.15) is 29.4 Å². The maximum atomic E-state index is 11.8. The van der Waals surface area contributed by atoms with E-state index in [-0.39, 0.29) is 17.4 Å². The molecule has 0 spiro atoms. The largest absolute Gasteiger partial charge is 0.492 e. The van der Waals surface area contributed by atoms with Gasteiger partial charge < -0.3 is 25.4 Å². The first-order chi connectivity index (χ1) is 23.4. The van der Waals surface area contributed by atoms with Crippen LogP contribution in [0.25, 0.3) is 21.4 Å². The van der Waals surface area contributed by atoms with Crippen LogP contribution in [0.5, 0.6) is 5.88 Å². The number of nitrogens with zero attached hydrogens (tertiary/aromatic N) is 9. The first kappa shape index (κ1) is 32.6. The molecule has 244 valence electrons. The third-order valence-electron chi connectivity index (χ3n) is 6.67. The van der Waals surface area contributed by atoms with Crippen LogP contribution < -0.4 is 15.5 Å². The van der Waals surface area contributed by atoms with Crippen LogP contribution in [0.3, 0.4) is 0 Å². The highest BCUT2D eigenvalue weighted by molar-refractivity contribution is 7.17. The van der Waals surface area contributed by atoms with Crippen molar-refractivity contribution in [2.45, 2.75) is 19.8 Å². The topological polar surface area (TPSA) is 177 Å². The summed E-state index contributed by atoms with van der Waals surface area (Å²) in [5.41, 5.74) is 2.81. The van der Waals surface area contributed by atoms with Gasteiger partial charge in [0.15, 0.2) is 4.88 Å². The number of carbonyl (C=O) groups excluding carboxylic acids is 1. The van der Waals surface area contributed by atoms with E-state index in [0.717, 1.165) is 46.6 Å². The van der Waals surface area contributed by atoms with Crippen LogP contribution in [0, 0.1) is 0 Å². The number of aromatic hydroxyl groups is 1. The van der Waals surface area contributed by atoms with E-state index in [9.17, 15) is 9.90 Å². The highest BCUT2D eigenvalue weighted by Gasteiger charge is 2.20. The van der Waals surface area contributed by atoms with E-state index in [1.165, 1.54) is 19.0 Å². The summed E-state index contributed by atoms with van der Waals surface area (Å²) in [6.07, 6.45) is 10.9. The van der Waals surface area contributed by atoms with Crippen LogP contribution >= 0.6 is 34.3 Å². The molecule has 0 saturated carbocycles. The number of rotatable bonds is 9. The normalized spacial score (nSPS) is 12.2. The molecule has 0 unspecified atom stereocenters. The van der Waals surface area contributed by atoms with Crippen LogP contribution in [0.15, 0.2) is 72.8 Å². The number of aromatic nitrogens is 8. The zero-order valence-electron chi connectivity index (χ0n) is 25.4. The fourth-order valence-corrected chi connectivity index (χ4v) is 6.02. The summed E-state index contributed by atoms with van der Waals surface area (Å²) in [5, 5.41) is 19.6. The number of carbonyl (C=O) groups is 1. The lowest BCUT2D eigenvalue weighted by Gasteiger charge is -2.16. The third kappa shape index (κ3) is 8.33. The van der Waals surface area contributed by atoms with Crippen molar-refractivity contribution in [2.24, 2.45) is 0 Å². The van der Waals surface area contributed by atoms with Gasteiger partial charge in [0.1, 0.15) is 32.4 Å². The van der Waals surface area contributed by atoms with Gasteiger partial charge in [0.2, 0.25) is 17.8 Å². The van der Waals surface area contributed by atoms with Gasteiger partial charge in [-0.2, -0.15) is 4.98 Å². The zero-order valence-corrected chi connectivity index (χ0v) is 27.8. The fourth-order valence-electron chi connectivity index (χ4n) is 4.48. The molecule has 17 heteroatoms. The maximum Gasteiger partial charge on any atom is 0.353 e. The fraction of sp³-hybridized carbons (Fsp3) is 0.194. The molecule has 48 heavy (non-hydrogen) atoms. The lowest BCUT2D eigenvalue weighted by molar-refractivity contribution is 0.0528. The summed E-state index contributed by atoms with van der Waals surface area (Å²) >= 11 is 8.30. The summed E-state index contributed by atoms with van der Waals surface area (Å²) in [6, 6.07) is 10.9. The maximum absolute atomic E-state index is 11.8. The number of pyridine rings is 2. The third-order valence-corrected chi connectivity index (χ3v) is 8.74. The Hall–Kier alpha value is -5.32. The van der Waals surface area contributed by atoms with Crippen molar-refractivity contribution in [3.8, 4) is 27.3 Å². The Morgan fingerprint density at radius 3 is 2.10 bits per heavy atom. The van der Waals surface area contributed by atoms with E-state index in [2.05, 4.69) is 55.4 Å². The van der Waals surface area contributed by atoms with E-state index < -0.39 is 5.97 Å². The van der Waals surface area contributed by atoms with Crippen molar-refractivity contribution < 1.29 is 14.6 Å². The van der Waals surface area contributed by atoms with Crippen molar-refractivity contribution in [3.63, 3.8) is 0 Å². The molecule has 0 atom stereocenters. The molecule has 1 aliphatic heterocycles. The van der Waals surface area contributed by atoms with Gasteiger partial charge in [0.25, 0.3) is 0 Å². The second-order valence-electron chi connectivity index (χ2n) is 9.98. The average Bonchev–Trinajstić information content (AvgIpc) is 3.90. The van der Waals surface area contributed by atoms with Crippen LogP contribution in [0.4, 0.5) is 29.1 Å². The number of hydrogen-bond acceptors (Lipinski definition) is 16. The van der Waals surface area contributed by atoms with Gasteiger partial charge in [0.05, 0.1) is 30.4 Å². The van der Waals surface area contributed by atoms with Crippen molar-refractivity contribution in [1.82, 2.24) is 39.9 Å². The summed E-state index contributed by atoms with van der Waals surface area (Å²) in [7, 11) is 0. The first-order valence-electron chi connectivity index (χ1n) is 14.7. The smallest absolute Gasteiger partial charge is 0.353 e. The SMILES string of the molecule is CCOC(=O)c1sc(-c2ccnc(Nc3ccc(Cl)nc3)n2)nc1O.c1cc(-c2nccs2)nc(Nc2ccc(N3CCCC3)nc2)n1. The molecule has 0 radical (unpaired) electrons. The van der Waals surface area contributed by atoms with Gasteiger partial charge in [-0.05, 0) is 56.2 Å². The van der Waals surface area contributed by atoms with Gasteiger partial charge in [-0.25, -0.2) is 39.7 Å². The Kier molecular flexibility index (Phi) is 10.5. The molecule has 1 saturated heterocycles. The van der Waals surface area contributed by atoms with Crippen LogP contribution in [-0.2, 0) is 4.74 Å². The molecule has 14 nitrogen and oxygen atoms in total. The van der Waals surface area contributed by atoms with Crippen molar-refractivity contribution >= 4 is 69.3 Å². The molecule has 0 bridgehead atoms. The standard InChI is InChI=1S/C16H16N6S.C15H12ClN5O3S/c1-2-9-22(8-1)14-4-3-12(11-19-14)20-16-18-6-5-13(21-16)15-17-7-10-23-15;1-2-24-14(23)11-12(22)21-13(25-11)9-5-6-17-15(20-9)19-8-3-4-10(16)18-7-8/h3-7,10-11H,1-2,8-9H2,(H,18,20,21);3-7,22H,2H2,1H3,(H,17,19,20). The molecule has 7 rings (SSSR count).